The zero-order valence-corrected chi connectivity index (χ0v) is 17.8. The van der Waals surface area contributed by atoms with Crippen LogP contribution in [0.2, 0.25) is 0 Å². The number of para-hydroxylation sites is 1. The maximum absolute atomic E-state index is 12.8. The number of hydrogen-bond acceptors (Lipinski definition) is 4. The maximum atomic E-state index is 12.8. The minimum Gasteiger partial charge on any atom is -0.406 e. The van der Waals surface area contributed by atoms with Gasteiger partial charge in [-0.25, -0.2) is 8.42 Å². The van der Waals surface area contributed by atoms with E-state index in [4.69, 9.17) is 0 Å². The number of nitrogens with one attached hydrogen (secondary N) is 2. The summed E-state index contributed by atoms with van der Waals surface area (Å²) in [6.45, 7) is 3.37. The second kappa shape index (κ2) is 8.91. The number of benzene rings is 3. The summed E-state index contributed by atoms with van der Waals surface area (Å²) in [6.07, 6.45) is -4.87. The molecular weight excluding hydrogens is 445 g/mol. The molecule has 168 valence electrons. The lowest BCUT2D eigenvalue weighted by Crippen LogP contribution is -2.18. The smallest absolute Gasteiger partial charge is 0.406 e. The van der Waals surface area contributed by atoms with E-state index in [2.05, 4.69) is 14.8 Å². The highest BCUT2D eigenvalue weighted by molar-refractivity contribution is 7.92. The quantitative estimate of drug-likeness (QED) is 0.522. The summed E-state index contributed by atoms with van der Waals surface area (Å²) in [7, 11) is -3.98. The third-order valence-electron chi connectivity index (χ3n) is 4.48. The Balaban J connectivity index is 1.85. The first-order chi connectivity index (χ1) is 14.9. The molecule has 1 amide bonds. The Bertz CT molecular complexity index is 1260. The summed E-state index contributed by atoms with van der Waals surface area (Å²) in [6, 6.07) is 15.7. The Morgan fingerprint density at radius 1 is 0.906 bits per heavy atom. The lowest BCUT2D eigenvalue weighted by Gasteiger charge is -2.13. The van der Waals surface area contributed by atoms with Gasteiger partial charge in [0.15, 0.2) is 0 Å². The van der Waals surface area contributed by atoms with Gasteiger partial charge in [-0.05, 0) is 55.3 Å². The number of sulfonamides is 1. The fraction of sp³-hybridized carbons (Fsp3) is 0.136. The highest BCUT2D eigenvalue weighted by Crippen LogP contribution is 2.26. The molecule has 6 nitrogen and oxygen atoms in total. The van der Waals surface area contributed by atoms with Gasteiger partial charge in [-0.1, -0.05) is 30.3 Å². The molecule has 0 fully saturated rings. The fourth-order valence-electron chi connectivity index (χ4n) is 2.87. The first-order valence-electron chi connectivity index (χ1n) is 9.31. The van der Waals surface area contributed by atoms with Crippen molar-refractivity contribution < 1.29 is 31.1 Å². The zero-order chi connectivity index (χ0) is 23.5. The molecule has 3 aromatic carbocycles. The van der Waals surface area contributed by atoms with Gasteiger partial charge in [0.25, 0.3) is 15.9 Å². The van der Waals surface area contributed by atoms with Gasteiger partial charge in [0, 0.05) is 17.3 Å². The summed E-state index contributed by atoms with van der Waals surface area (Å²) in [4.78, 5) is 12.6. The number of anilines is 2. The van der Waals surface area contributed by atoms with Crippen molar-refractivity contribution in [2.75, 3.05) is 10.0 Å². The SMILES string of the molecule is Cc1ccccc1NS(=O)(=O)c1ccc(C)c(C(=O)Nc2cccc(OC(F)(F)F)c2)c1. The topological polar surface area (TPSA) is 84.5 Å². The number of alkyl halides is 3. The van der Waals surface area contributed by atoms with E-state index < -0.39 is 28.0 Å². The molecule has 2 N–H and O–H groups in total. The van der Waals surface area contributed by atoms with Crippen LogP contribution in [0.3, 0.4) is 0 Å². The number of carbonyl (C=O) groups is 1. The second-order valence-corrected chi connectivity index (χ2v) is 8.61. The highest BCUT2D eigenvalue weighted by Gasteiger charge is 2.31. The molecule has 10 heteroatoms. The maximum Gasteiger partial charge on any atom is 0.573 e. The van der Waals surface area contributed by atoms with Gasteiger partial charge >= 0.3 is 6.36 Å². The van der Waals surface area contributed by atoms with Gasteiger partial charge in [0.05, 0.1) is 10.6 Å². The molecule has 0 heterocycles. The van der Waals surface area contributed by atoms with Crippen LogP contribution in [0.5, 0.6) is 5.75 Å². The van der Waals surface area contributed by atoms with Gasteiger partial charge in [0.2, 0.25) is 0 Å². The molecule has 0 radical (unpaired) electrons. The minimum atomic E-state index is -4.87. The zero-order valence-electron chi connectivity index (χ0n) is 17.0. The largest absolute Gasteiger partial charge is 0.573 e. The number of ether oxygens (including phenoxy) is 1. The van der Waals surface area contributed by atoms with Crippen molar-refractivity contribution >= 4 is 27.3 Å². The summed E-state index contributed by atoms with van der Waals surface area (Å²) in [5.74, 6) is -1.18. The van der Waals surface area contributed by atoms with Crippen molar-refractivity contribution in [2.24, 2.45) is 0 Å². The van der Waals surface area contributed by atoms with Crippen molar-refractivity contribution in [3.63, 3.8) is 0 Å². The van der Waals surface area contributed by atoms with E-state index in [1.165, 1.54) is 30.3 Å². The number of carbonyl (C=O) groups excluding carboxylic acids is 1. The normalized spacial score (nSPS) is 11.7. The molecule has 0 unspecified atom stereocenters. The van der Waals surface area contributed by atoms with E-state index in [9.17, 15) is 26.4 Å². The molecule has 0 saturated heterocycles. The van der Waals surface area contributed by atoms with Crippen molar-refractivity contribution in [3.8, 4) is 5.75 Å². The molecule has 0 aliphatic rings. The van der Waals surface area contributed by atoms with Crippen LogP contribution in [-0.2, 0) is 10.0 Å². The lowest BCUT2D eigenvalue weighted by molar-refractivity contribution is -0.274. The Morgan fingerprint density at radius 2 is 1.62 bits per heavy atom. The van der Waals surface area contributed by atoms with Crippen molar-refractivity contribution in [1.29, 1.82) is 0 Å². The fourth-order valence-corrected chi connectivity index (χ4v) is 4.03. The molecule has 3 aromatic rings. The Morgan fingerprint density at radius 3 is 2.31 bits per heavy atom. The Hall–Kier alpha value is -3.53. The van der Waals surface area contributed by atoms with Gasteiger partial charge in [-0.3, -0.25) is 9.52 Å². The summed E-state index contributed by atoms with van der Waals surface area (Å²) < 4.78 is 69.2. The first kappa shape index (κ1) is 23.1. The first-order valence-corrected chi connectivity index (χ1v) is 10.8. The standard InChI is InChI=1S/C22H19F3N2O4S/c1-14-10-11-18(32(29,30)27-20-9-4-3-6-15(20)2)13-19(14)21(28)26-16-7-5-8-17(12-16)31-22(23,24)25/h3-13,27H,1-2H3,(H,26,28). The summed E-state index contributed by atoms with van der Waals surface area (Å²) >= 11 is 0. The summed E-state index contributed by atoms with van der Waals surface area (Å²) in [5, 5.41) is 2.46. The molecule has 0 aliphatic carbocycles. The van der Waals surface area contributed by atoms with Crippen molar-refractivity contribution in [2.45, 2.75) is 25.1 Å². The number of aryl methyl sites for hydroxylation is 2. The number of halogens is 3. The predicted molar refractivity (Wildman–Crippen MR) is 114 cm³/mol. The molecule has 3 rings (SSSR count). The Labute approximate surface area is 183 Å². The van der Waals surface area contributed by atoms with E-state index in [-0.39, 0.29) is 16.1 Å². The predicted octanol–water partition coefficient (Wildman–Crippen LogP) is 5.26. The third kappa shape index (κ3) is 5.79. The molecule has 0 atom stereocenters. The highest BCUT2D eigenvalue weighted by atomic mass is 32.2. The average Bonchev–Trinajstić information content (AvgIpc) is 2.68. The average molecular weight is 464 g/mol. The molecule has 0 spiro atoms. The minimum absolute atomic E-state index is 0.0554. The van der Waals surface area contributed by atoms with Crippen LogP contribution in [0, 0.1) is 13.8 Å². The van der Waals surface area contributed by atoms with E-state index in [1.807, 2.05) is 0 Å². The van der Waals surface area contributed by atoms with Crippen LogP contribution < -0.4 is 14.8 Å². The van der Waals surface area contributed by atoms with Gasteiger partial charge < -0.3 is 10.1 Å². The van der Waals surface area contributed by atoms with Crippen LogP contribution in [0.1, 0.15) is 21.5 Å². The van der Waals surface area contributed by atoms with Crippen LogP contribution in [0.25, 0.3) is 0 Å². The number of rotatable bonds is 6. The lowest BCUT2D eigenvalue weighted by atomic mass is 10.1. The molecule has 0 aliphatic heterocycles. The molecule has 0 saturated carbocycles. The number of hydrogen-bond donors (Lipinski definition) is 2. The van der Waals surface area contributed by atoms with Crippen LogP contribution in [-0.4, -0.2) is 20.7 Å². The van der Waals surface area contributed by atoms with Gasteiger partial charge in [-0.2, -0.15) is 0 Å². The Kier molecular flexibility index (Phi) is 6.45. The molecule has 0 aromatic heterocycles. The molecule has 0 bridgehead atoms. The van der Waals surface area contributed by atoms with Gasteiger partial charge in [0.1, 0.15) is 5.75 Å². The van der Waals surface area contributed by atoms with Crippen molar-refractivity contribution in [3.05, 3.63) is 83.4 Å². The van der Waals surface area contributed by atoms with E-state index in [0.29, 0.717) is 11.3 Å². The third-order valence-corrected chi connectivity index (χ3v) is 5.84. The van der Waals surface area contributed by atoms with Crippen LogP contribution >= 0.6 is 0 Å². The van der Waals surface area contributed by atoms with Crippen LogP contribution in [0.15, 0.2) is 71.6 Å². The van der Waals surface area contributed by atoms with E-state index in [1.54, 1.807) is 38.1 Å². The second-order valence-electron chi connectivity index (χ2n) is 6.93. The van der Waals surface area contributed by atoms with Crippen molar-refractivity contribution in [1.82, 2.24) is 0 Å². The van der Waals surface area contributed by atoms with Gasteiger partial charge in [-0.15, -0.1) is 13.2 Å². The molecule has 32 heavy (non-hydrogen) atoms. The monoisotopic (exact) mass is 464 g/mol. The molecular formula is C22H19F3N2O4S. The van der Waals surface area contributed by atoms with E-state index in [0.717, 1.165) is 17.7 Å². The van der Waals surface area contributed by atoms with Crippen LogP contribution in [0.4, 0.5) is 24.5 Å². The van der Waals surface area contributed by atoms with E-state index >= 15 is 0 Å². The number of amides is 1. The summed E-state index contributed by atoms with van der Waals surface area (Å²) in [5.41, 5.74) is 1.73.